The van der Waals surface area contributed by atoms with Crippen LogP contribution in [0, 0.1) is 5.82 Å². The minimum absolute atomic E-state index is 0.0650. The van der Waals surface area contributed by atoms with Crippen molar-refractivity contribution in [2.24, 2.45) is 0 Å². The van der Waals surface area contributed by atoms with Gasteiger partial charge in [-0.2, -0.15) is 10.3 Å². The number of carbonyl (C=O) groups excluding carboxylic acids is 1. The van der Waals surface area contributed by atoms with E-state index in [4.69, 9.17) is 4.74 Å². The van der Waals surface area contributed by atoms with Crippen molar-refractivity contribution in [3.63, 3.8) is 0 Å². The minimum atomic E-state index is -0.574. The molecule has 1 saturated heterocycles. The number of halogens is 1. The summed E-state index contributed by atoms with van der Waals surface area (Å²) in [6.45, 7) is 3.69. The van der Waals surface area contributed by atoms with Crippen LogP contribution in [0.25, 0.3) is 11.3 Å². The summed E-state index contributed by atoms with van der Waals surface area (Å²) >= 11 is 0. The summed E-state index contributed by atoms with van der Waals surface area (Å²) in [6.07, 6.45) is 2.16. The van der Waals surface area contributed by atoms with Crippen LogP contribution in [-0.2, 0) is 4.74 Å². The molecule has 0 radical (unpaired) electrons. The van der Waals surface area contributed by atoms with Crippen LogP contribution in [0.1, 0.15) is 30.3 Å². The van der Waals surface area contributed by atoms with E-state index in [1.807, 2.05) is 4.90 Å². The summed E-state index contributed by atoms with van der Waals surface area (Å²) < 4.78 is 19.3. The number of aromatic nitrogens is 3. The molecule has 0 unspecified atom stereocenters. The molecule has 1 aliphatic heterocycles. The molecule has 0 spiro atoms. The minimum Gasteiger partial charge on any atom is -0.461 e. The number of anilines is 1. The second-order valence-electron chi connectivity index (χ2n) is 5.10. The third-order valence-electron chi connectivity index (χ3n) is 3.68. The Bertz CT molecular complexity index is 680. The lowest BCUT2D eigenvalue weighted by molar-refractivity contribution is 0.0520. The van der Waals surface area contributed by atoms with Crippen LogP contribution in [-0.4, -0.2) is 41.1 Å². The average Bonchev–Trinajstić information content (AvgIpc) is 3.19. The average molecular weight is 304 g/mol. The molecule has 3 rings (SSSR count). The molecular weight excluding hydrogens is 287 g/mol. The van der Waals surface area contributed by atoms with E-state index >= 15 is 0 Å². The van der Waals surface area contributed by atoms with Crippen molar-refractivity contribution in [1.29, 1.82) is 0 Å². The van der Waals surface area contributed by atoms with Crippen LogP contribution in [0.15, 0.2) is 18.2 Å². The summed E-state index contributed by atoms with van der Waals surface area (Å²) in [4.78, 5) is 13.8. The summed E-state index contributed by atoms with van der Waals surface area (Å²) in [5, 5.41) is 10.1. The van der Waals surface area contributed by atoms with E-state index in [0.717, 1.165) is 25.9 Å². The number of H-pyrrole nitrogens is 1. The van der Waals surface area contributed by atoms with Crippen LogP contribution in [0.5, 0.6) is 0 Å². The predicted molar refractivity (Wildman–Crippen MR) is 79.2 cm³/mol. The number of nitrogens with one attached hydrogen (secondary N) is 1. The Balaban J connectivity index is 1.91. The molecule has 2 heterocycles. The zero-order chi connectivity index (χ0) is 15.5. The van der Waals surface area contributed by atoms with E-state index < -0.39 is 5.97 Å². The maximum atomic E-state index is 14.4. The smallest absolute Gasteiger partial charge is 0.361 e. The van der Waals surface area contributed by atoms with Crippen molar-refractivity contribution in [3.8, 4) is 11.3 Å². The summed E-state index contributed by atoms with van der Waals surface area (Å²) in [7, 11) is 0. The molecule has 22 heavy (non-hydrogen) atoms. The third kappa shape index (κ3) is 2.66. The Morgan fingerprint density at radius 2 is 2.14 bits per heavy atom. The quantitative estimate of drug-likeness (QED) is 0.878. The predicted octanol–water partition coefficient (Wildman–Crippen LogP) is 2.39. The van der Waals surface area contributed by atoms with Gasteiger partial charge in [-0.05, 0) is 31.9 Å². The number of benzene rings is 1. The highest BCUT2D eigenvalue weighted by molar-refractivity contribution is 5.94. The Labute approximate surface area is 127 Å². The first-order chi connectivity index (χ1) is 10.7. The van der Waals surface area contributed by atoms with E-state index in [2.05, 4.69) is 15.4 Å². The zero-order valence-corrected chi connectivity index (χ0v) is 12.3. The van der Waals surface area contributed by atoms with Gasteiger partial charge in [-0.25, -0.2) is 9.18 Å². The van der Waals surface area contributed by atoms with Crippen LogP contribution < -0.4 is 4.90 Å². The van der Waals surface area contributed by atoms with Crippen molar-refractivity contribution in [2.75, 3.05) is 24.6 Å². The number of nitrogens with zero attached hydrogens (tertiary/aromatic N) is 3. The van der Waals surface area contributed by atoms with Crippen molar-refractivity contribution >= 4 is 11.7 Å². The van der Waals surface area contributed by atoms with Gasteiger partial charge in [-0.3, -0.25) is 0 Å². The first-order valence-corrected chi connectivity index (χ1v) is 7.33. The van der Waals surface area contributed by atoms with Crippen LogP contribution in [0.4, 0.5) is 10.1 Å². The topological polar surface area (TPSA) is 71.1 Å². The van der Waals surface area contributed by atoms with Gasteiger partial charge in [0.05, 0.1) is 12.3 Å². The lowest BCUT2D eigenvalue weighted by atomic mass is 10.1. The molecule has 1 fully saturated rings. The Hall–Kier alpha value is -2.44. The fraction of sp³-hybridized carbons (Fsp3) is 0.400. The van der Waals surface area contributed by atoms with E-state index in [9.17, 15) is 9.18 Å². The monoisotopic (exact) mass is 304 g/mol. The molecule has 0 atom stereocenters. The summed E-state index contributed by atoms with van der Waals surface area (Å²) in [5.74, 6) is -0.896. The van der Waals surface area contributed by atoms with E-state index in [-0.39, 0.29) is 18.1 Å². The second-order valence-corrected chi connectivity index (χ2v) is 5.10. The largest absolute Gasteiger partial charge is 0.461 e. The van der Waals surface area contributed by atoms with E-state index in [0.29, 0.717) is 16.9 Å². The number of rotatable bonds is 4. The Morgan fingerprint density at radius 1 is 1.36 bits per heavy atom. The Morgan fingerprint density at radius 3 is 2.82 bits per heavy atom. The second kappa shape index (κ2) is 6.13. The lowest BCUT2D eigenvalue weighted by Gasteiger charge is -2.18. The molecule has 116 valence electrons. The molecule has 1 aromatic carbocycles. The first kappa shape index (κ1) is 14.5. The van der Waals surface area contributed by atoms with Gasteiger partial charge < -0.3 is 9.64 Å². The molecule has 0 aliphatic carbocycles. The Kier molecular flexibility index (Phi) is 4.04. The number of hydrogen-bond donors (Lipinski definition) is 1. The van der Waals surface area contributed by atoms with Gasteiger partial charge in [0.2, 0.25) is 0 Å². The van der Waals surface area contributed by atoms with Crippen molar-refractivity contribution in [3.05, 3.63) is 29.7 Å². The molecule has 2 aromatic rings. The SMILES string of the molecule is CCOC(=O)c1n[nH]nc1-c1ccc(N2CCCC2)c(F)c1. The van der Waals surface area contributed by atoms with Gasteiger partial charge in [-0.1, -0.05) is 6.07 Å². The highest BCUT2D eigenvalue weighted by atomic mass is 19.1. The van der Waals surface area contributed by atoms with Gasteiger partial charge in [0.15, 0.2) is 5.69 Å². The van der Waals surface area contributed by atoms with E-state index in [1.165, 1.54) is 6.07 Å². The summed E-state index contributed by atoms with van der Waals surface area (Å²) in [5.41, 5.74) is 1.44. The van der Waals surface area contributed by atoms with Crippen LogP contribution in [0.3, 0.4) is 0 Å². The number of esters is 1. The molecule has 0 amide bonds. The normalized spacial score (nSPS) is 14.4. The fourth-order valence-corrected chi connectivity index (χ4v) is 2.64. The van der Waals surface area contributed by atoms with E-state index in [1.54, 1.807) is 19.1 Å². The first-order valence-electron chi connectivity index (χ1n) is 7.33. The molecular formula is C15H17FN4O2. The molecule has 0 saturated carbocycles. The van der Waals surface area contributed by atoms with Crippen molar-refractivity contribution in [2.45, 2.75) is 19.8 Å². The highest BCUT2D eigenvalue weighted by Gasteiger charge is 2.21. The molecule has 1 aliphatic rings. The van der Waals surface area contributed by atoms with Gasteiger partial charge in [-0.15, -0.1) is 5.10 Å². The van der Waals surface area contributed by atoms with Gasteiger partial charge in [0, 0.05) is 18.7 Å². The molecule has 1 aromatic heterocycles. The third-order valence-corrected chi connectivity index (χ3v) is 3.68. The number of ether oxygens (including phenoxy) is 1. The number of hydrogen-bond acceptors (Lipinski definition) is 5. The van der Waals surface area contributed by atoms with Crippen molar-refractivity contribution < 1.29 is 13.9 Å². The highest BCUT2D eigenvalue weighted by Crippen LogP contribution is 2.28. The number of aromatic amines is 1. The van der Waals surface area contributed by atoms with Crippen LogP contribution >= 0.6 is 0 Å². The zero-order valence-electron chi connectivity index (χ0n) is 12.3. The maximum absolute atomic E-state index is 14.4. The molecule has 6 nitrogen and oxygen atoms in total. The summed E-state index contributed by atoms with van der Waals surface area (Å²) in [6, 6.07) is 4.85. The van der Waals surface area contributed by atoms with Crippen molar-refractivity contribution in [1.82, 2.24) is 15.4 Å². The van der Waals surface area contributed by atoms with Crippen LogP contribution in [0.2, 0.25) is 0 Å². The maximum Gasteiger partial charge on any atom is 0.361 e. The van der Waals surface area contributed by atoms with Gasteiger partial charge in [0.1, 0.15) is 11.5 Å². The standard InChI is InChI=1S/C15H17FN4O2/c1-2-22-15(21)14-13(17-19-18-14)10-5-6-12(11(16)9-10)20-7-3-4-8-20/h5-6,9H,2-4,7-8H2,1H3,(H,17,18,19). The fourth-order valence-electron chi connectivity index (χ4n) is 2.64. The molecule has 7 heteroatoms. The number of carbonyl (C=O) groups is 1. The van der Waals surface area contributed by atoms with Gasteiger partial charge >= 0.3 is 5.97 Å². The van der Waals surface area contributed by atoms with Gasteiger partial charge in [0.25, 0.3) is 0 Å². The lowest BCUT2D eigenvalue weighted by Crippen LogP contribution is -2.18. The molecule has 0 bridgehead atoms. The molecule has 1 N–H and O–H groups in total.